The molecule has 2 atom stereocenters. The normalized spacial score (nSPS) is 24.8. The smallest absolute Gasteiger partial charge is 0.151 e. The van der Waals surface area contributed by atoms with Gasteiger partial charge in [0.15, 0.2) is 5.76 Å². The Morgan fingerprint density at radius 3 is 3.00 bits per heavy atom. The maximum absolute atomic E-state index is 5.43. The van der Waals surface area contributed by atoms with Crippen molar-refractivity contribution in [3.05, 3.63) is 17.5 Å². The van der Waals surface area contributed by atoms with Crippen molar-refractivity contribution in [2.75, 3.05) is 6.54 Å². The van der Waals surface area contributed by atoms with E-state index in [1.807, 2.05) is 0 Å². The van der Waals surface area contributed by atoms with Crippen molar-refractivity contribution < 1.29 is 4.52 Å². The van der Waals surface area contributed by atoms with E-state index in [0.29, 0.717) is 12.1 Å². The second-order valence-electron chi connectivity index (χ2n) is 5.23. The summed E-state index contributed by atoms with van der Waals surface area (Å²) in [6, 6.07) is 3.46. The van der Waals surface area contributed by atoms with Crippen LogP contribution in [0.15, 0.2) is 10.6 Å². The number of rotatable bonds is 6. The molecule has 102 valence electrons. The van der Waals surface area contributed by atoms with Crippen LogP contribution in [0.3, 0.4) is 0 Å². The lowest BCUT2D eigenvalue weighted by Gasteiger charge is -2.26. The summed E-state index contributed by atoms with van der Waals surface area (Å²) in [6.45, 7) is 9.34. The molecular weight excluding hydrogens is 226 g/mol. The van der Waals surface area contributed by atoms with Crippen LogP contribution >= 0.6 is 0 Å². The van der Waals surface area contributed by atoms with Crippen LogP contribution in [-0.2, 0) is 13.1 Å². The lowest BCUT2D eigenvalue weighted by atomic mass is 10.1. The highest BCUT2D eigenvalue weighted by Gasteiger charge is 2.29. The van der Waals surface area contributed by atoms with Crippen molar-refractivity contribution in [3.63, 3.8) is 0 Å². The third-order valence-electron chi connectivity index (χ3n) is 3.93. The van der Waals surface area contributed by atoms with Gasteiger partial charge in [-0.25, -0.2) is 0 Å². The van der Waals surface area contributed by atoms with Crippen LogP contribution in [0.25, 0.3) is 0 Å². The lowest BCUT2D eigenvalue weighted by Crippen LogP contribution is -2.33. The summed E-state index contributed by atoms with van der Waals surface area (Å²) in [4.78, 5) is 2.55. The monoisotopic (exact) mass is 251 g/mol. The van der Waals surface area contributed by atoms with E-state index in [4.69, 9.17) is 4.52 Å². The largest absolute Gasteiger partial charge is 0.360 e. The summed E-state index contributed by atoms with van der Waals surface area (Å²) >= 11 is 0. The van der Waals surface area contributed by atoms with Crippen LogP contribution in [0.4, 0.5) is 0 Å². The summed E-state index contributed by atoms with van der Waals surface area (Å²) in [7, 11) is 0. The summed E-state index contributed by atoms with van der Waals surface area (Å²) in [5, 5.41) is 7.37. The topological polar surface area (TPSA) is 41.3 Å². The van der Waals surface area contributed by atoms with Gasteiger partial charge in [0.2, 0.25) is 0 Å². The fourth-order valence-electron chi connectivity index (χ4n) is 2.80. The Labute approximate surface area is 110 Å². The van der Waals surface area contributed by atoms with Gasteiger partial charge in [-0.2, -0.15) is 0 Å². The van der Waals surface area contributed by atoms with E-state index in [0.717, 1.165) is 31.1 Å². The van der Waals surface area contributed by atoms with Gasteiger partial charge in [0.25, 0.3) is 0 Å². The second kappa shape index (κ2) is 6.34. The average molecular weight is 251 g/mol. The van der Waals surface area contributed by atoms with Crippen LogP contribution in [0.1, 0.15) is 51.5 Å². The average Bonchev–Trinajstić information content (AvgIpc) is 2.96. The number of hydrogen-bond donors (Lipinski definition) is 1. The van der Waals surface area contributed by atoms with E-state index in [2.05, 4.69) is 42.2 Å². The Hall–Kier alpha value is -0.870. The van der Waals surface area contributed by atoms with Gasteiger partial charge in [0.05, 0.1) is 12.2 Å². The Kier molecular flexibility index (Phi) is 4.78. The van der Waals surface area contributed by atoms with Gasteiger partial charge >= 0.3 is 0 Å². The van der Waals surface area contributed by atoms with Crippen molar-refractivity contribution >= 4 is 0 Å². The van der Waals surface area contributed by atoms with Crippen LogP contribution in [0, 0.1) is 0 Å². The van der Waals surface area contributed by atoms with Crippen LogP contribution < -0.4 is 5.32 Å². The Bertz CT molecular complexity index is 364. The SMILES string of the molecule is CCNCc1cc(CN2C(C)CCC2CC)on1. The molecule has 0 aliphatic carbocycles. The van der Waals surface area contributed by atoms with Crippen molar-refractivity contribution in [3.8, 4) is 0 Å². The highest BCUT2D eigenvalue weighted by atomic mass is 16.5. The van der Waals surface area contributed by atoms with Crippen molar-refractivity contribution in [1.82, 2.24) is 15.4 Å². The molecule has 1 aliphatic rings. The maximum Gasteiger partial charge on any atom is 0.151 e. The molecule has 0 spiro atoms. The van der Waals surface area contributed by atoms with Gasteiger partial charge in [0.1, 0.15) is 0 Å². The first-order valence-electron chi connectivity index (χ1n) is 7.15. The van der Waals surface area contributed by atoms with Crippen LogP contribution in [0.5, 0.6) is 0 Å². The third kappa shape index (κ3) is 3.12. The molecule has 1 aliphatic heterocycles. The van der Waals surface area contributed by atoms with E-state index in [1.54, 1.807) is 0 Å². The minimum absolute atomic E-state index is 0.664. The Morgan fingerprint density at radius 1 is 1.44 bits per heavy atom. The van der Waals surface area contributed by atoms with Gasteiger partial charge in [0, 0.05) is 24.7 Å². The Balaban J connectivity index is 1.93. The van der Waals surface area contributed by atoms with Crippen molar-refractivity contribution in [1.29, 1.82) is 0 Å². The van der Waals surface area contributed by atoms with E-state index in [-0.39, 0.29) is 0 Å². The molecule has 2 unspecified atom stereocenters. The molecule has 1 fully saturated rings. The van der Waals surface area contributed by atoms with Gasteiger partial charge in [-0.1, -0.05) is 19.0 Å². The zero-order valence-electron chi connectivity index (χ0n) is 11.8. The molecule has 2 rings (SSSR count). The summed E-state index contributed by atoms with van der Waals surface area (Å²) in [6.07, 6.45) is 3.84. The predicted molar refractivity (Wildman–Crippen MR) is 72.2 cm³/mol. The number of nitrogens with zero attached hydrogens (tertiary/aromatic N) is 2. The molecule has 4 nitrogen and oxygen atoms in total. The van der Waals surface area contributed by atoms with Gasteiger partial charge < -0.3 is 9.84 Å². The second-order valence-corrected chi connectivity index (χ2v) is 5.23. The van der Waals surface area contributed by atoms with E-state index >= 15 is 0 Å². The molecule has 0 amide bonds. The molecule has 1 saturated heterocycles. The molecule has 0 radical (unpaired) electrons. The summed E-state index contributed by atoms with van der Waals surface area (Å²) in [5.74, 6) is 0.995. The van der Waals surface area contributed by atoms with Crippen LogP contribution in [-0.4, -0.2) is 28.7 Å². The quantitative estimate of drug-likeness (QED) is 0.843. The van der Waals surface area contributed by atoms with Gasteiger partial charge in [-0.3, -0.25) is 4.90 Å². The minimum Gasteiger partial charge on any atom is -0.360 e. The minimum atomic E-state index is 0.664. The third-order valence-corrected chi connectivity index (χ3v) is 3.93. The molecule has 18 heavy (non-hydrogen) atoms. The first-order valence-corrected chi connectivity index (χ1v) is 7.15. The Morgan fingerprint density at radius 2 is 2.28 bits per heavy atom. The fourth-order valence-corrected chi connectivity index (χ4v) is 2.80. The standard InChI is InChI=1S/C14H25N3O/c1-4-13-7-6-11(3)17(13)10-14-8-12(16-18-14)9-15-5-2/h8,11,13,15H,4-7,9-10H2,1-3H3. The van der Waals surface area contributed by atoms with Gasteiger partial charge in [-0.05, 0) is 32.7 Å². The first kappa shape index (κ1) is 13.6. The van der Waals surface area contributed by atoms with Crippen LogP contribution in [0.2, 0.25) is 0 Å². The fraction of sp³-hybridized carbons (Fsp3) is 0.786. The molecule has 2 heterocycles. The summed E-state index contributed by atoms with van der Waals surface area (Å²) in [5.41, 5.74) is 1.01. The van der Waals surface area contributed by atoms with E-state index < -0.39 is 0 Å². The number of nitrogens with one attached hydrogen (secondary N) is 1. The molecule has 1 aromatic heterocycles. The number of aromatic nitrogens is 1. The molecule has 1 aromatic rings. The van der Waals surface area contributed by atoms with Crippen molar-refractivity contribution in [2.24, 2.45) is 0 Å². The van der Waals surface area contributed by atoms with E-state index in [1.165, 1.54) is 19.3 Å². The molecular formula is C14H25N3O. The number of likely N-dealkylation sites (tertiary alicyclic amines) is 1. The number of hydrogen-bond acceptors (Lipinski definition) is 4. The molecule has 0 aromatic carbocycles. The lowest BCUT2D eigenvalue weighted by molar-refractivity contribution is 0.168. The first-order chi connectivity index (χ1) is 8.74. The highest BCUT2D eigenvalue weighted by Crippen LogP contribution is 2.27. The summed E-state index contributed by atoms with van der Waals surface area (Å²) < 4.78 is 5.43. The molecule has 1 N–H and O–H groups in total. The van der Waals surface area contributed by atoms with Gasteiger partial charge in [-0.15, -0.1) is 0 Å². The molecule has 4 heteroatoms. The molecule has 0 saturated carbocycles. The van der Waals surface area contributed by atoms with E-state index in [9.17, 15) is 0 Å². The zero-order valence-corrected chi connectivity index (χ0v) is 11.8. The van der Waals surface area contributed by atoms with Crippen molar-refractivity contribution in [2.45, 2.75) is 65.2 Å². The maximum atomic E-state index is 5.43. The molecule has 0 bridgehead atoms. The predicted octanol–water partition coefficient (Wildman–Crippen LogP) is 2.55. The zero-order chi connectivity index (χ0) is 13.0. The highest BCUT2D eigenvalue weighted by molar-refractivity contribution is 5.06.